The minimum absolute atomic E-state index is 0.351. The molecule has 0 radical (unpaired) electrons. The Bertz CT molecular complexity index is 918. The maximum Gasteiger partial charge on any atom is 0.338 e. The lowest BCUT2D eigenvalue weighted by Crippen LogP contribution is -2.21. The Morgan fingerprint density at radius 1 is 1.08 bits per heavy atom. The molecule has 7 heteroatoms. The van der Waals surface area contributed by atoms with Gasteiger partial charge in [-0.15, -0.1) is 0 Å². The summed E-state index contributed by atoms with van der Waals surface area (Å²) in [5.74, 6) is -0.953. The molecule has 0 fully saturated rings. The predicted octanol–water partition coefficient (Wildman–Crippen LogP) is 2.68. The van der Waals surface area contributed by atoms with Gasteiger partial charge in [0.05, 0.1) is 11.3 Å². The lowest BCUT2D eigenvalue weighted by molar-refractivity contribution is -0.119. The SMILES string of the molecule is Cc1ccc(NC(=O)COC(=O)c2ccc(-n3cncn3)cc2)cc1C. The van der Waals surface area contributed by atoms with Crippen molar-refractivity contribution in [2.45, 2.75) is 13.8 Å². The van der Waals surface area contributed by atoms with Crippen molar-refractivity contribution in [2.75, 3.05) is 11.9 Å². The molecule has 0 aliphatic heterocycles. The van der Waals surface area contributed by atoms with Crippen LogP contribution >= 0.6 is 0 Å². The molecule has 1 N–H and O–H groups in total. The van der Waals surface area contributed by atoms with Gasteiger partial charge in [0.25, 0.3) is 5.91 Å². The zero-order valence-corrected chi connectivity index (χ0v) is 14.5. The molecule has 0 saturated heterocycles. The van der Waals surface area contributed by atoms with Crippen molar-refractivity contribution in [3.63, 3.8) is 0 Å². The maximum absolute atomic E-state index is 12.1. The molecule has 0 aliphatic rings. The van der Waals surface area contributed by atoms with Crippen molar-refractivity contribution in [1.82, 2.24) is 14.8 Å². The number of esters is 1. The van der Waals surface area contributed by atoms with E-state index < -0.39 is 5.97 Å². The average Bonchev–Trinajstić information content (AvgIpc) is 3.18. The molecule has 26 heavy (non-hydrogen) atoms. The number of anilines is 1. The van der Waals surface area contributed by atoms with Gasteiger partial charge in [0, 0.05) is 5.69 Å². The zero-order chi connectivity index (χ0) is 18.5. The molecule has 0 aliphatic carbocycles. The molecule has 0 unspecified atom stereocenters. The first-order chi connectivity index (χ1) is 12.5. The molecule has 0 saturated carbocycles. The molecule has 0 atom stereocenters. The second kappa shape index (κ2) is 7.60. The fraction of sp³-hybridized carbons (Fsp3) is 0.158. The first-order valence-electron chi connectivity index (χ1n) is 8.02. The first-order valence-corrected chi connectivity index (χ1v) is 8.02. The minimum atomic E-state index is -0.564. The number of carbonyl (C=O) groups is 2. The van der Waals surface area contributed by atoms with Gasteiger partial charge in [-0.3, -0.25) is 4.79 Å². The number of carbonyl (C=O) groups excluding carboxylic acids is 2. The highest BCUT2D eigenvalue weighted by molar-refractivity contribution is 5.95. The van der Waals surface area contributed by atoms with Crippen LogP contribution in [0.2, 0.25) is 0 Å². The van der Waals surface area contributed by atoms with Crippen molar-refractivity contribution >= 4 is 17.6 Å². The standard InChI is InChI=1S/C19H18N4O3/c1-13-3-6-16(9-14(13)2)22-18(24)10-26-19(25)15-4-7-17(8-5-15)23-12-20-11-21-23/h3-9,11-12H,10H2,1-2H3,(H,22,24). The summed E-state index contributed by atoms with van der Waals surface area (Å²) < 4.78 is 6.64. The van der Waals surface area contributed by atoms with Gasteiger partial charge in [0.2, 0.25) is 0 Å². The number of rotatable bonds is 5. The summed E-state index contributed by atoms with van der Waals surface area (Å²) >= 11 is 0. The molecule has 2 aromatic carbocycles. The smallest absolute Gasteiger partial charge is 0.338 e. The van der Waals surface area contributed by atoms with E-state index in [0.717, 1.165) is 16.8 Å². The van der Waals surface area contributed by atoms with Gasteiger partial charge in [-0.05, 0) is 61.4 Å². The van der Waals surface area contributed by atoms with Crippen molar-refractivity contribution in [3.8, 4) is 5.69 Å². The van der Waals surface area contributed by atoms with E-state index in [0.29, 0.717) is 11.3 Å². The summed E-state index contributed by atoms with van der Waals surface area (Å²) in [4.78, 5) is 27.9. The molecule has 3 rings (SSSR count). The highest BCUT2D eigenvalue weighted by Gasteiger charge is 2.11. The van der Waals surface area contributed by atoms with E-state index in [1.165, 1.54) is 6.33 Å². The summed E-state index contributed by atoms with van der Waals surface area (Å²) in [5.41, 5.74) is 4.02. The Balaban J connectivity index is 1.54. The van der Waals surface area contributed by atoms with Crippen LogP contribution in [-0.4, -0.2) is 33.2 Å². The number of ether oxygens (including phenoxy) is 1. The van der Waals surface area contributed by atoms with Crippen molar-refractivity contribution < 1.29 is 14.3 Å². The number of hydrogen-bond donors (Lipinski definition) is 1. The van der Waals surface area contributed by atoms with Gasteiger partial charge in [-0.25, -0.2) is 14.5 Å². The van der Waals surface area contributed by atoms with Crippen LogP contribution in [0.1, 0.15) is 21.5 Å². The number of benzene rings is 2. The lowest BCUT2D eigenvalue weighted by atomic mass is 10.1. The fourth-order valence-corrected chi connectivity index (χ4v) is 2.32. The third kappa shape index (κ3) is 4.13. The normalized spacial score (nSPS) is 10.4. The zero-order valence-electron chi connectivity index (χ0n) is 14.5. The van der Waals surface area contributed by atoms with Crippen LogP contribution in [0.15, 0.2) is 55.1 Å². The van der Waals surface area contributed by atoms with E-state index in [4.69, 9.17) is 4.74 Å². The number of nitrogens with one attached hydrogen (secondary N) is 1. The van der Waals surface area contributed by atoms with Crippen molar-refractivity contribution in [3.05, 3.63) is 71.8 Å². The van der Waals surface area contributed by atoms with Gasteiger partial charge >= 0.3 is 5.97 Å². The lowest BCUT2D eigenvalue weighted by Gasteiger charge is -2.09. The molecular weight excluding hydrogens is 332 g/mol. The topological polar surface area (TPSA) is 86.1 Å². The molecular formula is C19H18N4O3. The van der Waals surface area contributed by atoms with Gasteiger partial charge < -0.3 is 10.1 Å². The monoisotopic (exact) mass is 350 g/mol. The number of aromatic nitrogens is 3. The summed E-state index contributed by atoms with van der Waals surface area (Å²) in [7, 11) is 0. The average molecular weight is 350 g/mol. The summed E-state index contributed by atoms with van der Waals surface area (Å²) in [6, 6.07) is 12.3. The van der Waals surface area contributed by atoms with E-state index in [-0.39, 0.29) is 12.5 Å². The van der Waals surface area contributed by atoms with Gasteiger partial charge in [-0.2, -0.15) is 5.10 Å². The van der Waals surface area contributed by atoms with Gasteiger partial charge in [-0.1, -0.05) is 6.07 Å². The molecule has 1 aromatic heterocycles. The largest absolute Gasteiger partial charge is 0.452 e. The van der Waals surface area contributed by atoms with Crippen LogP contribution in [0.4, 0.5) is 5.69 Å². The van der Waals surface area contributed by atoms with E-state index in [1.807, 2.05) is 32.0 Å². The quantitative estimate of drug-likeness (QED) is 0.715. The third-order valence-electron chi connectivity index (χ3n) is 3.91. The van der Waals surface area contributed by atoms with Crippen molar-refractivity contribution in [2.24, 2.45) is 0 Å². The van der Waals surface area contributed by atoms with Crippen LogP contribution in [0.3, 0.4) is 0 Å². The third-order valence-corrected chi connectivity index (χ3v) is 3.91. The first kappa shape index (κ1) is 17.3. The molecule has 1 heterocycles. The van der Waals surface area contributed by atoms with E-state index in [9.17, 15) is 9.59 Å². The van der Waals surface area contributed by atoms with Crippen molar-refractivity contribution in [1.29, 1.82) is 0 Å². The van der Waals surface area contributed by atoms with Crippen LogP contribution in [0, 0.1) is 13.8 Å². The molecule has 0 bridgehead atoms. The minimum Gasteiger partial charge on any atom is -0.452 e. The number of aryl methyl sites for hydroxylation is 2. The Kier molecular flexibility index (Phi) is 5.07. The van der Waals surface area contributed by atoms with Gasteiger partial charge in [0.15, 0.2) is 6.61 Å². The highest BCUT2D eigenvalue weighted by Crippen LogP contribution is 2.14. The molecule has 7 nitrogen and oxygen atoms in total. The summed E-state index contributed by atoms with van der Waals surface area (Å²) in [6.45, 7) is 3.61. The summed E-state index contributed by atoms with van der Waals surface area (Å²) in [6.07, 6.45) is 2.99. The maximum atomic E-state index is 12.1. The van der Waals surface area contributed by atoms with Crippen LogP contribution < -0.4 is 5.32 Å². The molecule has 3 aromatic rings. The second-order valence-electron chi connectivity index (χ2n) is 5.81. The summed E-state index contributed by atoms with van der Waals surface area (Å²) in [5, 5.41) is 6.72. The Morgan fingerprint density at radius 2 is 1.85 bits per heavy atom. The Hall–Kier alpha value is -3.48. The molecule has 1 amide bonds. The Morgan fingerprint density at radius 3 is 2.50 bits per heavy atom. The predicted molar refractivity (Wildman–Crippen MR) is 96.2 cm³/mol. The van der Waals surface area contributed by atoms with Gasteiger partial charge in [0.1, 0.15) is 12.7 Å². The molecule has 132 valence electrons. The van der Waals surface area contributed by atoms with E-state index >= 15 is 0 Å². The van der Waals surface area contributed by atoms with Crippen LogP contribution in [-0.2, 0) is 9.53 Å². The number of nitrogens with zero attached hydrogens (tertiary/aromatic N) is 3. The second-order valence-corrected chi connectivity index (χ2v) is 5.81. The number of amides is 1. The fourth-order valence-electron chi connectivity index (χ4n) is 2.32. The molecule has 0 spiro atoms. The van der Waals surface area contributed by atoms with E-state index in [2.05, 4.69) is 15.4 Å². The highest BCUT2D eigenvalue weighted by atomic mass is 16.5. The number of hydrogen-bond acceptors (Lipinski definition) is 5. The van der Waals surface area contributed by atoms with Crippen LogP contribution in [0.5, 0.6) is 0 Å². The van der Waals surface area contributed by atoms with E-state index in [1.54, 1.807) is 35.3 Å². The van der Waals surface area contributed by atoms with Crippen LogP contribution in [0.25, 0.3) is 5.69 Å². The Labute approximate surface area is 150 Å².